The second-order valence-corrected chi connectivity index (χ2v) is 5.35. The Hall–Kier alpha value is -0.430. The third-order valence-corrected chi connectivity index (χ3v) is 3.93. The average Bonchev–Trinajstić information content (AvgIpc) is 2.35. The van der Waals surface area contributed by atoms with Gasteiger partial charge in [-0.25, -0.2) is 0 Å². The quantitative estimate of drug-likeness (QED) is 0.435. The molecule has 0 bridgehead atoms. The molecule has 0 nitrogen and oxygen atoms in total. The fourth-order valence-electron chi connectivity index (χ4n) is 2.41. The van der Waals surface area contributed by atoms with E-state index in [1.54, 1.807) is 0 Å². The van der Waals surface area contributed by atoms with Gasteiger partial charge in [0.05, 0.1) is 0 Å². The van der Waals surface area contributed by atoms with E-state index in [0.29, 0.717) is 5.92 Å². The summed E-state index contributed by atoms with van der Waals surface area (Å²) in [6.45, 7) is 4.56. The van der Waals surface area contributed by atoms with Crippen LogP contribution in [0.5, 0.6) is 0 Å². The number of rotatable bonds is 8. The van der Waals surface area contributed by atoms with E-state index in [1.807, 2.05) is 0 Å². The van der Waals surface area contributed by atoms with E-state index in [4.69, 9.17) is 0 Å². The molecule has 0 spiro atoms. The van der Waals surface area contributed by atoms with E-state index in [-0.39, 0.29) is 0 Å². The van der Waals surface area contributed by atoms with E-state index in [2.05, 4.69) is 50.7 Å². The van der Waals surface area contributed by atoms with Gasteiger partial charge >= 0.3 is 0 Å². The van der Waals surface area contributed by atoms with Crippen LogP contribution < -0.4 is 0 Å². The molecule has 0 aliphatic rings. The summed E-state index contributed by atoms with van der Waals surface area (Å²) in [5.74, 6) is 0.699. The van der Waals surface area contributed by atoms with Crippen LogP contribution in [-0.4, -0.2) is 0 Å². The average molecular weight is 250 g/mol. The minimum absolute atomic E-state index is 0.699. The van der Waals surface area contributed by atoms with Gasteiger partial charge in [0, 0.05) is 4.90 Å². The van der Waals surface area contributed by atoms with Gasteiger partial charge < -0.3 is 0 Å². The SMILES string of the molecule is CCCCCCCC(CC)c1ccccc1S. The molecule has 0 fully saturated rings. The van der Waals surface area contributed by atoms with E-state index < -0.39 is 0 Å². The van der Waals surface area contributed by atoms with Gasteiger partial charge in [-0.1, -0.05) is 64.2 Å². The lowest BCUT2D eigenvalue weighted by molar-refractivity contribution is 0.530. The lowest BCUT2D eigenvalue weighted by Crippen LogP contribution is -1.98. The Balaban J connectivity index is 2.41. The molecule has 17 heavy (non-hydrogen) atoms. The Morgan fingerprint density at radius 1 is 1.00 bits per heavy atom. The van der Waals surface area contributed by atoms with Gasteiger partial charge in [-0.3, -0.25) is 0 Å². The summed E-state index contributed by atoms with van der Waals surface area (Å²) in [6, 6.07) is 8.55. The minimum Gasteiger partial charge on any atom is -0.143 e. The number of hydrogen-bond acceptors (Lipinski definition) is 1. The highest BCUT2D eigenvalue weighted by molar-refractivity contribution is 7.80. The fraction of sp³-hybridized carbons (Fsp3) is 0.625. The third-order valence-electron chi connectivity index (χ3n) is 3.53. The Bertz CT molecular complexity index is 306. The largest absolute Gasteiger partial charge is 0.143 e. The molecule has 0 N–H and O–H groups in total. The summed E-state index contributed by atoms with van der Waals surface area (Å²) in [5.41, 5.74) is 1.44. The van der Waals surface area contributed by atoms with Crippen molar-refractivity contribution < 1.29 is 0 Å². The van der Waals surface area contributed by atoms with Crippen LogP contribution in [0.25, 0.3) is 0 Å². The molecule has 1 heteroatoms. The summed E-state index contributed by atoms with van der Waals surface area (Å²) in [5, 5.41) is 0. The van der Waals surface area contributed by atoms with E-state index in [9.17, 15) is 0 Å². The maximum atomic E-state index is 4.57. The molecule has 1 rings (SSSR count). The lowest BCUT2D eigenvalue weighted by atomic mass is 9.91. The van der Waals surface area contributed by atoms with E-state index in [0.717, 1.165) is 4.90 Å². The van der Waals surface area contributed by atoms with Crippen molar-refractivity contribution in [3.8, 4) is 0 Å². The number of hydrogen-bond donors (Lipinski definition) is 1. The summed E-state index contributed by atoms with van der Waals surface area (Å²) in [6.07, 6.45) is 9.41. The second-order valence-electron chi connectivity index (χ2n) is 4.87. The Labute approximate surface area is 112 Å². The van der Waals surface area contributed by atoms with Gasteiger partial charge in [0.2, 0.25) is 0 Å². The van der Waals surface area contributed by atoms with Crippen LogP contribution in [0.15, 0.2) is 29.2 Å². The molecule has 0 aromatic heterocycles. The number of unbranched alkanes of at least 4 members (excludes halogenated alkanes) is 4. The predicted molar refractivity (Wildman–Crippen MR) is 80.1 cm³/mol. The van der Waals surface area contributed by atoms with Crippen molar-refractivity contribution >= 4 is 12.6 Å². The normalized spacial score (nSPS) is 12.6. The first kappa shape index (κ1) is 14.6. The third kappa shape index (κ3) is 5.16. The second kappa shape index (κ2) is 8.63. The summed E-state index contributed by atoms with van der Waals surface area (Å²) < 4.78 is 0. The number of thiol groups is 1. The van der Waals surface area contributed by atoms with Gasteiger partial charge in [0.15, 0.2) is 0 Å². The van der Waals surface area contributed by atoms with Crippen LogP contribution >= 0.6 is 12.6 Å². The van der Waals surface area contributed by atoms with Crippen molar-refractivity contribution in [1.82, 2.24) is 0 Å². The minimum atomic E-state index is 0.699. The molecule has 96 valence electrons. The maximum Gasteiger partial charge on any atom is 0.00748 e. The Morgan fingerprint density at radius 3 is 2.35 bits per heavy atom. The van der Waals surface area contributed by atoms with E-state index >= 15 is 0 Å². The van der Waals surface area contributed by atoms with Crippen LogP contribution in [-0.2, 0) is 0 Å². The first-order chi connectivity index (χ1) is 8.29. The summed E-state index contributed by atoms with van der Waals surface area (Å²) >= 11 is 4.57. The van der Waals surface area contributed by atoms with Crippen molar-refractivity contribution in [2.24, 2.45) is 0 Å². The zero-order chi connectivity index (χ0) is 12.5. The fourth-order valence-corrected chi connectivity index (χ4v) is 2.75. The smallest absolute Gasteiger partial charge is 0.00748 e. The standard InChI is InChI=1S/C16H26S/c1-3-5-6-7-8-11-14(4-2)15-12-9-10-13-16(15)17/h9-10,12-14,17H,3-8,11H2,1-2H3. The maximum absolute atomic E-state index is 4.57. The van der Waals surface area contributed by atoms with Gasteiger partial charge in [-0.15, -0.1) is 12.6 Å². The zero-order valence-electron chi connectivity index (χ0n) is 11.3. The zero-order valence-corrected chi connectivity index (χ0v) is 12.2. The highest BCUT2D eigenvalue weighted by atomic mass is 32.1. The molecule has 1 unspecified atom stereocenters. The van der Waals surface area contributed by atoms with Crippen molar-refractivity contribution in [1.29, 1.82) is 0 Å². The van der Waals surface area contributed by atoms with Crippen LogP contribution in [0.2, 0.25) is 0 Å². The topological polar surface area (TPSA) is 0 Å². The van der Waals surface area contributed by atoms with Gasteiger partial charge in [0.25, 0.3) is 0 Å². The molecule has 0 amide bonds. The number of benzene rings is 1. The van der Waals surface area contributed by atoms with Crippen LogP contribution in [0.4, 0.5) is 0 Å². The Kier molecular flexibility index (Phi) is 7.43. The molecule has 0 aliphatic carbocycles. The first-order valence-corrected chi connectivity index (χ1v) is 7.52. The van der Waals surface area contributed by atoms with E-state index in [1.165, 1.54) is 50.5 Å². The van der Waals surface area contributed by atoms with Gasteiger partial charge in [-0.05, 0) is 30.4 Å². The molecule has 0 saturated heterocycles. The van der Waals surface area contributed by atoms with Gasteiger partial charge in [-0.2, -0.15) is 0 Å². The van der Waals surface area contributed by atoms with Crippen LogP contribution in [0.3, 0.4) is 0 Å². The highest BCUT2D eigenvalue weighted by Crippen LogP contribution is 2.30. The molecular weight excluding hydrogens is 224 g/mol. The first-order valence-electron chi connectivity index (χ1n) is 7.07. The lowest BCUT2D eigenvalue weighted by Gasteiger charge is -2.17. The molecule has 0 radical (unpaired) electrons. The molecule has 1 aromatic rings. The molecule has 1 aromatic carbocycles. The van der Waals surface area contributed by atoms with Crippen molar-refractivity contribution in [2.45, 2.75) is 69.6 Å². The van der Waals surface area contributed by atoms with Crippen molar-refractivity contribution in [2.75, 3.05) is 0 Å². The van der Waals surface area contributed by atoms with Crippen molar-refractivity contribution in [3.63, 3.8) is 0 Å². The Morgan fingerprint density at radius 2 is 1.71 bits per heavy atom. The molecular formula is C16H26S. The summed E-state index contributed by atoms with van der Waals surface area (Å²) in [4.78, 5) is 1.16. The monoisotopic (exact) mass is 250 g/mol. The van der Waals surface area contributed by atoms with Crippen molar-refractivity contribution in [3.05, 3.63) is 29.8 Å². The molecule has 0 heterocycles. The molecule has 0 aliphatic heterocycles. The predicted octanol–water partition coefficient (Wildman–Crippen LogP) is 5.83. The summed E-state index contributed by atoms with van der Waals surface area (Å²) in [7, 11) is 0. The molecule has 0 saturated carbocycles. The highest BCUT2D eigenvalue weighted by Gasteiger charge is 2.11. The van der Waals surface area contributed by atoms with Gasteiger partial charge in [0.1, 0.15) is 0 Å². The van der Waals surface area contributed by atoms with Crippen LogP contribution in [0, 0.1) is 0 Å². The van der Waals surface area contributed by atoms with Crippen LogP contribution in [0.1, 0.15) is 70.3 Å². The molecule has 1 atom stereocenters.